The molecular weight excluding hydrogens is 366 g/mol. The van der Waals surface area contributed by atoms with E-state index in [1.165, 1.54) is 34.9 Å². The SMILES string of the molecule is CCOc1ccc(C(=C(CCCl)c2ccccc2)c2ccccc2)cc1.CN. The van der Waals surface area contributed by atoms with E-state index in [0.29, 0.717) is 12.5 Å². The lowest BCUT2D eigenvalue weighted by molar-refractivity contribution is 0.340. The van der Waals surface area contributed by atoms with Gasteiger partial charge in [0.1, 0.15) is 5.75 Å². The number of halogens is 1. The first kappa shape index (κ1) is 21.7. The third kappa shape index (κ3) is 5.72. The number of allylic oxidation sites excluding steroid dienone is 1. The zero-order valence-electron chi connectivity index (χ0n) is 16.6. The van der Waals surface area contributed by atoms with E-state index < -0.39 is 0 Å². The maximum Gasteiger partial charge on any atom is 0.119 e. The molecule has 0 atom stereocenters. The number of benzene rings is 3. The van der Waals surface area contributed by atoms with Crippen LogP contribution in [0.3, 0.4) is 0 Å². The second kappa shape index (κ2) is 12.0. The van der Waals surface area contributed by atoms with Crippen molar-refractivity contribution in [1.29, 1.82) is 0 Å². The molecule has 0 bridgehead atoms. The van der Waals surface area contributed by atoms with Crippen molar-refractivity contribution in [2.24, 2.45) is 5.73 Å². The molecule has 146 valence electrons. The Morgan fingerprint density at radius 2 is 1.25 bits per heavy atom. The summed E-state index contributed by atoms with van der Waals surface area (Å²) < 4.78 is 5.60. The maximum atomic E-state index is 6.18. The lowest BCUT2D eigenvalue weighted by Gasteiger charge is -2.17. The van der Waals surface area contributed by atoms with Crippen LogP contribution in [-0.4, -0.2) is 19.5 Å². The van der Waals surface area contributed by atoms with E-state index in [1.54, 1.807) is 0 Å². The van der Waals surface area contributed by atoms with Crippen LogP contribution in [0, 0.1) is 0 Å². The smallest absolute Gasteiger partial charge is 0.119 e. The highest BCUT2D eigenvalue weighted by molar-refractivity contribution is 6.18. The molecule has 0 heterocycles. The Morgan fingerprint density at radius 3 is 1.75 bits per heavy atom. The first-order valence-electron chi connectivity index (χ1n) is 9.54. The molecule has 28 heavy (non-hydrogen) atoms. The van der Waals surface area contributed by atoms with Gasteiger partial charge in [-0.1, -0.05) is 72.8 Å². The van der Waals surface area contributed by atoms with Gasteiger partial charge in [0.25, 0.3) is 0 Å². The van der Waals surface area contributed by atoms with Gasteiger partial charge in [-0.05, 0) is 60.4 Å². The summed E-state index contributed by atoms with van der Waals surface area (Å²) in [5.41, 5.74) is 10.6. The van der Waals surface area contributed by atoms with Gasteiger partial charge in [0.15, 0.2) is 0 Å². The van der Waals surface area contributed by atoms with E-state index in [-0.39, 0.29) is 0 Å². The summed E-state index contributed by atoms with van der Waals surface area (Å²) in [5.74, 6) is 1.47. The van der Waals surface area contributed by atoms with Gasteiger partial charge >= 0.3 is 0 Å². The summed E-state index contributed by atoms with van der Waals surface area (Å²) in [6.07, 6.45) is 0.809. The van der Waals surface area contributed by atoms with Crippen LogP contribution in [0.5, 0.6) is 5.75 Å². The summed E-state index contributed by atoms with van der Waals surface area (Å²) in [6.45, 7) is 2.67. The van der Waals surface area contributed by atoms with E-state index in [0.717, 1.165) is 12.2 Å². The van der Waals surface area contributed by atoms with Crippen molar-refractivity contribution in [2.75, 3.05) is 19.5 Å². The van der Waals surface area contributed by atoms with Crippen LogP contribution in [0.15, 0.2) is 84.9 Å². The number of rotatable bonds is 7. The van der Waals surface area contributed by atoms with Crippen molar-refractivity contribution in [3.8, 4) is 5.75 Å². The van der Waals surface area contributed by atoms with Gasteiger partial charge in [-0.15, -0.1) is 11.6 Å². The summed E-state index contributed by atoms with van der Waals surface area (Å²) >= 11 is 6.18. The Hall–Kier alpha value is -2.55. The van der Waals surface area contributed by atoms with Crippen molar-refractivity contribution in [1.82, 2.24) is 0 Å². The molecule has 0 aliphatic carbocycles. The highest BCUT2D eigenvalue weighted by atomic mass is 35.5. The maximum absolute atomic E-state index is 6.18. The van der Waals surface area contributed by atoms with Gasteiger partial charge in [0.05, 0.1) is 6.61 Å². The van der Waals surface area contributed by atoms with Crippen molar-refractivity contribution < 1.29 is 4.74 Å². The van der Waals surface area contributed by atoms with Gasteiger partial charge in [-0.25, -0.2) is 0 Å². The van der Waals surface area contributed by atoms with E-state index >= 15 is 0 Å². The standard InChI is InChI=1S/C24H23ClO.CH5N/c1-2-26-22-15-13-21(14-16-22)24(20-11-7-4-8-12-20)23(17-18-25)19-9-5-3-6-10-19;1-2/h3-16H,2,17-18H2,1H3;2H2,1H3. The molecule has 0 amide bonds. The quantitative estimate of drug-likeness (QED) is 0.380. The minimum absolute atomic E-state index is 0.581. The molecule has 0 radical (unpaired) electrons. The molecule has 3 aromatic rings. The number of ether oxygens (including phenoxy) is 1. The average Bonchev–Trinajstić information content (AvgIpc) is 2.77. The molecule has 2 nitrogen and oxygen atoms in total. The van der Waals surface area contributed by atoms with Crippen molar-refractivity contribution in [3.63, 3.8) is 0 Å². The van der Waals surface area contributed by atoms with Crippen LogP contribution in [0.4, 0.5) is 0 Å². The molecule has 0 unspecified atom stereocenters. The molecule has 0 saturated carbocycles. The van der Waals surface area contributed by atoms with Crippen LogP contribution in [-0.2, 0) is 0 Å². The third-order valence-corrected chi connectivity index (χ3v) is 4.47. The Morgan fingerprint density at radius 1 is 0.750 bits per heavy atom. The van der Waals surface area contributed by atoms with Crippen molar-refractivity contribution in [3.05, 3.63) is 102 Å². The topological polar surface area (TPSA) is 35.2 Å². The molecule has 3 heteroatoms. The monoisotopic (exact) mass is 393 g/mol. The second-order valence-electron chi connectivity index (χ2n) is 5.98. The van der Waals surface area contributed by atoms with Crippen LogP contribution >= 0.6 is 11.6 Å². The predicted molar refractivity (Wildman–Crippen MR) is 122 cm³/mol. The van der Waals surface area contributed by atoms with Crippen molar-refractivity contribution in [2.45, 2.75) is 13.3 Å². The molecule has 0 spiro atoms. The predicted octanol–water partition coefficient (Wildman–Crippen LogP) is 6.25. The number of hydrogen-bond acceptors (Lipinski definition) is 2. The van der Waals surface area contributed by atoms with E-state index in [1.807, 2.05) is 31.2 Å². The second-order valence-corrected chi connectivity index (χ2v) is 6.36. The van der Waals surface area contributed by atoms with Gasteiger partial charge in [0.2, 0.25) is 0 Å². The Balaban J connectivity index is 0.00000136. The molecule has 0 aliphatic heterocycles. The Labute approximate surface area is 173 Å². The summed E-state index contributed by atoms with van der Waals surface area (Å²) in [6, 6.07) is 29.3. The highest BCUT2D eigenvalue weighted by Gasteiger charge is 2.13. The molecule has 0 fully saturated rings. The van der Waals surface area contributed by atoms with Gasteiger partial charge < -0.3 is 10.5 Å². The zero-order chi connectivity index (χ0) is 20.2. The Kier molecular flexibility index (Phi) is 9.33. The first-order chi connectivity index (χ1) is 13.8. The fourth-order valence-electron chi connectivity index (χ4n) is 3.15. The minimum Gasteiger partial charge on any atom is -0.494 e. The zero-order valence-corrected chi connectivity index (χ0v) is 17.3. The molecule has 3 aromatic carbocycles. The molecule has 0 aromatic heterocycles. The molecular formula is C25H28ClNO. The summed E-state index contributed by atoms with van der Waals surface area (Å²) in [4.78, 5) is 0. The molecule has 0 aliphatic rings. The van der Waals surface area contributed by atoms with E-state index in [4.69, 9.17) is 16.3 Å². The number of alkyl halides is 1. The van der Waals surface area contributed by atoms with Crippen LogP contribution in [0.25, 0.3) is 11.1 Å². The lowest BCUT2D eigenvalue weighted by atomic mass is 9.88. The molecule has 0 saturated heterocycles. The molecule has 3 rings (SSSR count). The van der Waals surface area contributed by atoms with Gasteiger partial charge in [-0.3, -0.25) is 0 Å². The minimum atomic E-state index is 0.581. The molecule has 2 N–H and O–H groups in total. The van der Waals surface area contributed by atoms with Crippen LogP contribution in [0.1, 0.15) is 30.0 Å². The third-order valence-electron chi connectivity index (χ3n) is 4.28. The van der Waals surface area contributed by atoms with Gasteiger partial charge in [-0.2, -0.15) is 0 Å². The fourth-order valence-corrected chi connectivity index (χ4v) is 3.34. The van der Waals surface area contributed by atoms with Crippen molar-refractivity contribution >= 4 is 22.7 Å². The summed E-state index contributed by atoms with van der Waals surface area (Å²) in [7, 11) is 1.50. The van der Waals surface area contributed by atoms with E-state index in [2.05, 4.69) is 66.4 Å². The number of hydrogen-bond donors (Lipinski definition) is 1. The largest absolute Gasteiger partial charge is 0.494 e. The van der Waals surface area contributed by atoms with E-state index in [9.17, 15) is 0 Å². The van der Waals surface area contributed by atoms with Crippen LogP contribution in [0.2, 0.25) is 0 Å². The first-order valence-corrected chi connectivity index (χ1v) is 10.1. The fraction of sp³-hybridized carbons (Fsp3) is 0.200. The lowest BCUT2D eigenvalue weighted by Crippen LogP contribution is -1.97. The van der Waals surface area contributed by atoms with Gasteiger partial charge in [0, 0.05) is 5.88 Å². The summed E-state index contributed by atoms with van der Waals surface area (Å²) in [5, 5.41) is 0. The highest BCUT2D eigenvalue weighted by Crippen LogP contribution is 2.35. The average molecular weight is 394 g/mol. The number of nitrogens with two attached hydrogens (primary N) is 1. The Bertz CT molecular complexity index is 843. The van der Waals surface area contributed by atoms with Crippen LogP contribution < -0.4 is 10.5 Å². The normalized spacial score (nSPS) is 11.1.